The Hall–Kier alpha value is 1.62. The Morgan fingerprint density at radius 3 is 1.14 bits per heavy atom. The molecule has 0 atom stereocenters. The van der Waals surface area contributed by atoms with E-state index in [1.165, 1.54) is 0 Å². The number of hydrogen-bond acceptors (Lipinski definition) is 1. The summed E-state index contributed by atoms with van der Waals surface area (Å²) in [6.07, 6.45) is 0. The van der Waals surface area contributed by atoms with Crippen LogP contribution in [0.4, 0.5) is 0 Å². The third kappa shape index (κ3) is 91.5. The maximum atomic E-state index is 10.1. The van der Waals surface area contributed by atoms with Gasteiger partial charge in [0.05, 0.1) is 0 Å². The predicted molar refractivity (Wildman–Crippen MR) is 19.8 cm³/mol. The van der Waals surface area contributed by atoms with E-state index in [9.17, 15) is 5.11 Å². The average molecular weight is 203 g/mol. The quantitative estimate of drug-likeness (QED) is 0.388. The summed E-state index contributed by atoms with van der Waals surface area (Å²) in [7, 11) is 0. The third-order valence-corrected chi connectivity index (χ3v) is 0. The maximum absolute atomic E-state index is 10.1. The van der Waals surface area contributed by atoms with Crippen molar-refractivity contribution in [1.82, 2.24) is 0 Å². The van der Waals surface area contributed by atoms with E-state index in [1.54, 1.807) is 20.8 Å². The van der Waals surface area contributed by atoms with Gasteiger partial charge >= 0.3 is 29.6 Å². The summed E-state index contributed by atoms with van der Waals surface area (Å²) < 4.78 is 0. The zero-order valence-electron chi connectivity index (χ0n) is 5.22. The molecule has 0 aromatic carbocycles. The molecule has 1 nitrogen and oxygen atoms in total. The predicted octanol–water partition coefficient (Wildman–Crippen LogP) is -2.85. The van der Waals surface area contributed by atoms with Gasteiger partial charge in [-0.05, 0) is 0 Å². The molecule has 0 bridgehead atoms. The Morgan fingerprint density at radius 1 is 1.14 bits per heavy atom. The Balaban J connectivity index is -0.0000000800. The number of rotatable bonds is 0. The van der Waals surface area contributed by atoms with Gasteiger partial charge in [-0.1, -0.05) is 20.8 Å². The molecule has 0 radical (unpaired) electrons. The standard InChI is InChI=1S/C4H9O.Na.Pd/c1-4(2,3)5;;/h1-3H3;;/q-1;+1;. The van der Waals surface area contributed by atoms with Gasteiger partial charge in [0, 0.05) is 20.4 Å². The van der Waals surface area contributed by atoms with Gasteiger partial charge in [-0.2, -0.15) is 0 Å². The first-order valence-corrected chi connectivity index (χ1v) is 1.70. The maximum Gasteiger partial charge on any atom is 1.00 e. The topological polar surface area (TPSA) is 23.1 Å². The molecule has 0 aliphatic rings. The SMILES string of the molecule is CC(C)(C)[O-].[Na+].[Pd]. The fourth-order valence-corrected chi connectivity index (χ4v) is 0. The van der Waals surface area contributed by atoms with Crippen LogP contribution in [0.2, 0.25) is 0 Å². The van der Waals surface area contributed by atoms with E-state index >= 15 is 0 Å². The van der Waals surface area contributed by atoms with Gasteiger partial charge in [0.15, 0.2) is 0 Å². The van der Waals surface area contributed by atoms with Crippen LogP contribution in [0.3, 0.4) is 0 Å². The summed E-state index contributed by atoms with van der Waals surface area (Å²) >= 11 is 0. The van der Waals surface area contributed by atoms with Crippen LogP contribution in [0.15, 0.2) is 0 Å². The molecule has 0 aliphatic heterocycles. The Labute approximate surface area is 80.8 Å². The third-order valence-electron chi connectivity index (χ3n) is 0. The molecule has 7 heavy (non-hydrogen) atoms. The molecule has 3 heteroatoms. The first-order chi connectivity index (χ1) is 2.00. The molecule has 0 fully saturated rings. The molecule has 0 aromatic heterocycles. The molecule has 0 aliphatic carbocycles. The van der Waals surface area contributed by atoms with Crippen LogP contribution in [-0.2, 0) is 20.4 Å². The fraction of sp³-hybridized carbons (Fsp3) is 1.00. The van der Waals surface area contributed by atoms with Gasteiger partial charge in [0.2, 0.25) is 0 Å². The van der Waals surface area contributed by atoms with Gasteiger partial charge < -0.3 is 5.11 Å². The van der Waals surface area contributed by atoms with Crippen molar-refractivity contribution in [1.29, 1.82) is 0 Å². The van der Waals surface area contributed by atoms with Crippen molar-refractivity contribution in [3.63, 3.8) is 0 Å². The van der Waals surface area contributed by atoms with Crippen molar-refractivity contribution in [3.05, 3.63) is 0 Å². The molecule has 0 aromatic rings. The molecule has 0 amide bonds. The summed E-state index contributed by atoms with van der Waals surface area (Å²) in [5.74, 6) is 0. The van der Waals surface area contributed by atoms with Crippen molar-refractivity contribution in [3.8, 4) is 0 Å². The van der Waals surface area contributed by atoms with Crippen LogP contribution in [-0.4, -0.2) is 5.60 Å². The molecule has 42 valence electrons. The molecular formula is C4H9NaOPd. The van der Waals surface area contributed by atoms with Crippen molar-refractivity contribution < 1.29 is 55.1 Å². The second kappa shape index (κ2) is 5.75. The smallest absolute Gasteiger partial charge is 0.850 e. The molecule has 0 saturated heterocycles. The number of hydrogen-bond donors (Lipinski definition) is 0. The van der Waals surface area contributed by atoms with Crippen molar-refractivity contribution in [2.24, 2.45) is 0 Å². The minimum Gasteiger partial charge on any atom is -0.850 e. The van der Waals surface area contributed by atoms with Crippen LogP contribution in [0.25, 0.3) is 0 Å². The van der Waals surface area contributed by atoms with Gasteiger partial charge in [0.25, 0.3) is 0 Å². The summed E-state index contributed by atoms with van der Waals surface area (Å²) in [6.45, 7) is 4.90. The Morgan fingerprint density at radius 2 is 1.14 bits per heavy atom. The van der Waals surface area contributed by atoms with E-state index in [1.807, 2.05) is 0 Å². The average Bonchev–Trinajstić information content (AvgIpc) is 0.722. The van der Waals surface area contributed by atoms with Crippen LogP contribution < -0.4 is 34.7 Å². The van der Waals surface area contributed by atoms with Crippen LogP contribution >= 0.6 is 0 Å². The van der Waals surface area contributed by atoms with E-state index in [0.717, 1.165) is 0 Å². The zero-order chi connectivity index (χ0) is 4.50. The molecule has 0 N–H and O–H groups in total. The summed E-state index contributed by atoms with van der Waals surface area (Å²) in [5.41, 5.74) is -0.750. The van der Waals surface area contributed by atoms with Crippen molar-refractivity contribution >= 4 is 0 Å². The second-order valence-corrected chi connectivity index (χ2v) is 2.11. The minimum atomic E-state index is -0.750. The Bertz CT molecular complexity index is 27.2. The normalized spacial score (nSPS) is 8.57. The van der Waals surface area contributed by atoms with Crippen LogP contribution in [0.5, 0.6) is 0 Å². The van der Waals surface area contributed by atoms with E-state index in [0.29, 0.717) is 0 Å². The zero-order valence-corrected chi connectivity index (χ0v) is 8.78. The first kappa shape index (κ1) is 15.8. The van der Waals surface area contributed by atoms with E-state index in [4.69, 9.17) is 0 Å². The molecule has 0 saturated carbocycles. The van der Waals surface area contributed by atoms with E-state index in [-0.39, 0.29) is 50.0 Å². The molecule has 0 spiro atoms. The summed E-state index contributed by atoms with van der Waals surface area (Å²) in [6, 6.07) is 0. The van der Waals surface area contributed by atoms with E-state index in [2.05, 4.69) is 0 Å². The summed E-state index contributed by atoms with van der Waals surface area (Å²) in [5, 5.41) is 10.1. The van der Waals surface area contributed by atoms with Crippen molar-refractivity contribution in [2.75, 3.05) is 0 Å². The minimum absolute atomic E-state index is 0. The largest absolute Gasteiger partial charge is 1.00 e. The van der Waals surface area contributed by atoms with Crippen molar-refractivity contribution in [2.45, 2.75) is 26.4 Å². The van der Waals surface area contributed by atoms with Gasteiger partial charge in [-0.15, -0.1) is 5.60 Å². The fourth-order valence-electron chi connectivity index (χ4n) is 0. The van der Waals surface area contributed by atoms with Crippen LogP contribution in [0, 0.1) is 0 Å². The van der Waals surface area contributed by atoms with Gasteiger partial charge in [0.1, 0.15) is 0 Å². The summed E-state index contributed by atoms with van der Waals surface area (Å²) in [4.78, 5) is 0. The molecular weight excluding hydrogens is 193 g/mol. The van der Waals surface area contributed by atoms with E-state index < -0.39 is 5.60 Å². The van der Waals surface area contributed by atoms with Gasteiger partial charge in [-0.3, -0.25) is 0 Å². The second-order valence-electron chi connectivity index (χ2n) is 2.11. The Kier molecular flexibility index (Phi) is 13.0. The molecule has 0 heterocycles. The molecule has 0 unspecified atom stereocenters. The van der Waals surface area contributed by atoms with Gasteiger partial charge in [-0.25, -0.2) is 0 Å². The van der Waals surface area contributed by atoms with Crippen LogP contribution in [0.1, 0.15) is 20.8 Å². The molecule has 0 rings (SSSR count). The first-order valence-electron chi connectivity index (χ1n) is 1.70. The monoisotopic (exact) mass is 202 g/mol.